The van der Waals surface area contributed by atoms with Gasteiger partial charge in [0.1, 0.15) is 4.90 Å². The monoisotopic (exact) mass is 372 g/mol. The molecule has 1 aliphatic rings. The number of rotatable bonds is 2. The second-order valence-electron chi connectivity index (χ2n) is 4.22. The van der Waals surface area contributed by atoms with Gasteiger partial charge in [-0.2, -0.15) is 0 Å². The Morgan fingerprint density at radius 2 is 2.10 bits per heavy atom. The third-order valence-corrected chi connectivity index (χ3v) is 6.03. The van der Waals surface area contributed by atoms with Crippen LogP contribution in [0.4, 0.5) is 10.5 Å². The summed E-state index contributed by atoms with van der Waals surface area (Å²) in [6.07, 6.45) is 0. The van der Waals surface area contributed by atoms with E-state index in [0.29, 0.717) is 5.69 Å². The zero-order valence-electron chi connectivity index (χ0n) is 10.0. The highest BCUT2D eigenvalue weighted by molar-refractivity contribution is 9.10. The van der Waals surface area contributed by atoms with E-state index >= 15 is 0 Å². The number of benzene rings is 1. The maximum absolute atomic E-state index is 12.4. The van der Waals surface area contributed by atoms with Gasteiger partial charge in [-0.1, -0.05) is 28.1 Å². The lowest BCUT2D eigenvalue weighted by molar-refractivity contribution is 0.233. The van der Waals surface area contributed by atoms with Crippen LogP contribution < -0.4 is 5.32 Å². The Labute approximate surface area is 128 Å². The number of hydrogen-bond donors (Lipinski definition) is 1. The minimum absolute atomic E-state index is 0.00287. The minimum Gasteiger partial charge on any atom is -0.305 e. The molecule has 1 aromatic carbocycles. The van der Waals surface area contributed by atoms with E-state index in [2.05, 4.69) is 21.2 Å². The number of sulfonamides is 1. The van der Waals surface area contributed by atoms with Gasteiger partial charge in [-0.05, 0) is 17.7 Å². The van der Waals surface area contributed by atoms with Crippen LogP contribution in [0.3, 0.4) is 0 Å². The van der Waals surface area contributed by atoms with E-state index in [-0.39, 0.29) is 11.4 Å². The van der Waals surface area contributed by atoms with Gasteiger partial charge in [0.2, 0.25) is 0 Å². The number of hydrogen-bond acceptors (Lipinski definition) is 4. The molecule has 1 aromatic heterocycles. The fourth-order valence-electron chi connectivity index (χ4n) is 1.94. The zero-order valence-corrected chi connectivity index (χ0v) is 13.3. The first-order valence-corrected chi connectivity index (χ1v) is 8.80. The Morgan fingerprint density at radius 3 is 2.85 bits per heavy atom. The highest BCUT2D eigenvalue weighted by Crippen LogP contribution is 2.33. The summed E-state index contributed by atoms with van der Waals surface area (Å²) in [7, 11) is -3.78. The number of halogens is 1. The molecule has 2 heterocycles. The summed E-state index contributed by atoms with van der Waals surface area (Å²) in [6.45, 7) is 0.00287. The number of fused-ring (bicyclic) bond motifs is 1. The number of nitrogens with zero attached hydrogens (tertiary/aromatic N) is 1. The topological polar surface area (TPSA) is 66.5 Å². The van der Waals surface area contributed by atoms with E-state index in [1.165, 1.54) is 16.7 Å². The zero-order chi connectivity index (χ0) is 14.3. The van der Waals surface area contributed by atoms with Gasteiger partial charge < -0.3 is 5.32 Å². The molecule has 2 aromatic rings. The molecule has 2 amide bonds. The van der Waals surface area contributed by atoms with Crippen molar-refractivity contribution in [1.82, 2.24) is 4.31 Å². The van der Waals surface area contributed by atoms with Gasteiger partial charge in [0.05, 0.1) is 12.2 Å². The smallest absolute Gasteiger partial charge is 0.305 e. The van der Waals surface area contributed by atoms with E-state index in [0.717, 1.165) is 14.3 Å². The molecule has 0 saturated carbocycles. The first-order chi connectivity index (χ1) is 9.48. The second kappa shape index (κ2) is 4.87. The van der Waals surface area contributed by atoms with Crippen LogP contribution in [0.5, 0.6) is 0 Å². The van der Waals surface area contributed by atoms with E-state index in [1.54, 1.807) is 23.6 Å². The molecule has 104 valence electrons. The molecule has 1 aliphatic heterocycles. The van der Waals surface area contributed by atoms with Gasteiger partial charge in [0.15, 0.2) is 0 Å². The van der Waals surface area contributed by atoms with Crippen LogP contribution >= 0.6 is 27.3 Å². The average molecular weight is 373 g/mol. The maximum Gasteiger partial charge on any atom is 0.336 e. The van der Waals surface area contributed by atoms with Crippen LogP contribution in [0.15, 0.2) is 44.4 Å². The molecular formula is C12H9BrN2O3S2. The summed E-state index contributed by atoms with van der Waals surface area (Å²) in [5, 5.41) is 5.73. The molecule has 0 radical (unpaired) electrons. The number of nitrogens with one attached hydrogen (secondary N) is 1. The number of anilines is 1. The molecule has 3 rings (SSSR count). The summed E-state index contributed by atoms with van der Waals surface area (Å²) >= 11 is 4.57. The van der Waals surface area contributed by atoms with Crippen LogP contribution in [-0.4, -0.2) is 18.8 Å². The lowest BCUT2D eigenvalue weighted by Gasteiger charge is -2.27. The molecule has 0 atom stereocenters. The summed E-state index contributed by atoms with van der Waals surface area (Å²) in [5.41, 5.74) is 1.09. The van der Waals surface area contributed by atoms with E-state index in [9.17, 15) is 13.2 Å². The number of amides is 2. The van der Waals surface area contributed by atoms with Crippen LogP contribution in [0.25, 0.3) is 0 Å². The number of carbonyl (C=O) groups is 1. The lowest BCUT2D eigenvalue weighted by Crippen LogP contribution is -2.42. The molecule has 20 heavy (non-hydrogen) atoms. The molecule has 0 fully saturated rings. The van der Waals surface area contributed by atoms with Crippen molar-refractivity contribution in [1.29, 1.82) is 0 Å². The summed E-state index contributed by atoms with van der Waals surface area (Å²) < 4.78 is 26.5. The van der Waals surface area contributed by atoms with Gasteiger partial charge in [-0.25, -0.2) is 17.5 Å². The molecule has 0 unspecified atom stereocenters. The Morgan fingerprint density at radius 1 is 1.30 bits per heavy atom. The molecule has 8 heteroatoms. The van der Waals surface area contributed by atoms with Crippen molar-refractivity contribution in [3.05, 3.63) is 45.1 Å². The van der Waals surface area contributed by atoms with Gasteiger partial charge in [0, 0.05) is 15.2 Å². The SMILES string of the molecule is O=C1Nc2cscc2S(=O)(=O)N1Cc1cccc(Br)c1. The Hall–Kier alpha value is -1.38. The average Bonchev–Trinajstić information content (AvgIpc) is 2.84. The highest BCUT2D eigenvalue weighted by atomic mass is 79.9. The van der Waals surface area contributed by atoms with Crippen LogP contribution in [0, 0.1) is 0 Å². The van der Waals surface area contributed by atoms with Crippen LogP contribution in [0.2, 0.25) is 0 Å². The van der Waals surface area contributed by atoms with Gasteiger partial charge in [0.25, 0.3) is 10.0 Å². The lowest BCUT2D eigenvalue weighted by atomic mass is 10.2. The van der Waals surface area contributed by atoms with E-state index in [4.69, 9.17) is 0 Å². The number of carbonyl (C=O) groups excluding carboxylic acids is 1. The van der Waals surface area contributed by atoms with E-state index < -0.39 is 16.1 Å². The Kier molecular flexibility index (Phi) is 3.31. The highest BCUT2D eigenvalue weighted by Gasteiger charge is 2.37. The second-order valence-corrected chi connectivity index (χ2v) is 7.71. The molecule has 0 aliphatic carbocycles. The first kappa shape index (κ1) is 13.6. The fourth-order valence-corrected chi connectivity index (χ4v) is 4.96. The Bertz CT molecular complexity index is 786. The molecule has 0 saturated heterocycles. The molecular weight excluding hydrogens is 364 g/mol. The van der Waals surface area contributed by atoms with Gasteiger partial charge in [-0.3, -0.25) is 0 Å². The van der Waals surface area contributed by atoms with Crippen molar-refractivity contribution < 1.29 is 13.2 Å². The van der Waals surface area contributed by atoms with Gasteiger partial charge >= 0.3 is 6.03 Å². The maximum atomic E-state index is 12.4. The van der Waals surface area contributed by atoms with Crippen molar-refractivity contribution in [2.24, 2.45) is 0 Å². The summed E-state index contributed by atoms with van der Waals surface area (Å²) in [5.74, 6) is 0. The largest absolute Gasteiger partial charge is 0.336 e. The van der Waals surface area contributed by atoms with Crippen molar-refractivity contribution in [2.45, 2.75) is 11.4 Å². The van der Waals surface area contributed by atoms with Crippen LogP contribution in [0.1, 0.15) is 5.56 Å². The van der Waals surface area contributed by atoms with Crippen molar-refractivity contribution in [3.8, 4) is 0 Å². The third-order valence-electron chi connectivity index (χ3n) is 2.88. The first-order valence-electron chi connectivity index (χ1n) is 5.63. The van der Waals surface area contributed by atoms with Crippen molar-refractivity contribution >= 4 is 49.0 Å². The molecule has 0 spiro atoms. The Balaban J connectivity index is 2.00. The number of thiophene rings is 1. The fraction of sp³-hybridized carbons (Fsp3) is 0.0833. The summed E-state index contributed by atoms with van der Waals surface area (Å²) in [4.78, 5) is 12.1. The minimum atomic E-state index is -3.78. The number of urea groups is 1. The normalized spacial score (nSPS) is 16.6. The van der Waals surface area contributed by atoms with Gasteiger partial charge in [-0.15, -0.1) is 11.3 Å². The predicted molar refractivity (Wildman–Crippen MR) is 80.2 cm³/mol. The van der Waals surface area contributed by atoms with E-state index in [1.807, 2.05) is 6.07 Å². The third kappa shape index (κ3) is 2.23. The quantitative estimate of drug-likeness (QED) is 0.879. The molecule has 5 nitrogen and oxygen atoms in total. The predicted octanol–water partition coefficient (Wildman–Crippen LogP) is 3.25. The molecule has 0 bridgehead atoms. The van der Waals surface area contributed by atoms with Crippen molar-refractivity contribution in [3.63, 3.8) is 0 Å². The summed E-state index contributed by atoms with van der Waals surface area (Å²) in [6, 6.07) is 6.56. The van der Waals surface area contributed by atoms with Crippen molar-refractivity contribution in [2.75, 3.05) is 5.32 Å². The molecule has 1 N–H and O–H groups in total. The standard InChI is InChI=1S/C12H9BrN2O3S2/c13-9-3-1-2-8(4-9)5-15-12(16)14-10-6-19-7-11(10)20(15,17)18/h1-4,6-7H,5H2,(H,14,16). The van der Waals surface area contributed by atoms with Crippen LogP contribution in [-0.2, 0) is 16.6 Å².